The number of hydrogen-bond acceptors (Lipinski definition) is 5. The molecule has 0 radical (unpaired) electrons. The lowest BCUT2D eigenvalue weighted by molar-refractivity contribution is -0.143. The first-order chi connectivity index (χ1) is 13.9. The summed E-state index contributed by atoms with van der Waals surface area (Å²) in [5.74, 6) is 0.668. The molecule has 0 spiro atoms. The average Bonchev–Trinajstić information content (AvgIpc) is 3.34. The van der Waals surface area contributed by atoms with Gasteiger partial charge < -0.3 is 15.4 Å². The fourth-order valence-electron chi connectivity index (χ4n) is 3.79. The number of nitrogens with one attached hydrogen (secondary N) is 2. The van der Waals surface area contributed by atoms with Crippen LogP contribution in [0.1, 0.15) is 24.3 Å². The fourth-order valence-corrected chi connectivity index (χ4v) is 4.65. The van der Waals surface area contributed by atoms with Gasteiger partial charge in [0.2, 0.25) is 0 Å². The number of alkyl halides is 3. The smallest absolute Gasteiger partial charge is 0.379 e. The van der Waals surface area contributed by atoms with E-state index in [1.54, 1.807) is 11.3 Å². The number of likely N-dealkylation sites (tertiary alicyclic amines) is 1. The Hall–Kier alpha value is -1.36. The van der Waals surface area contributed by atoms with Crippen LogP contribution in [-0.2, 0) is 4.74 Å². The molecule has 2 N–H and O–H groups in total. The number of halogens is 3. The van der Waals surface area contributed by atoms with Gasteiger partial charge in [-0.2, -0.15) is 13.2 Å². The lowest BCUT2D eigenvalue weighted by Gasteiger charge is -2.33. The van der Waals surface area contributed by atoms with Crippen molar-refractivity contribution in [3.63, 3.8) is 0 Å². The second-order valence-corrected chi connectivity index (χ2v) is 8.36. The van der Waals surface area contributed by atoms with Gasteiger partial charge in [0.15, 0.2) is 5.96 Å². The van der Waals surface area contributed by atoms with E-state index >= 15 is 0 Å². The van der Waals surface area contributed by atoms with Gasteiger partial charge in [0.05, 0.1) is 32.3 Å². The van der Waals surface area contributed by atoms with E-state index in [0.29, 0.717) is 38.6 Å². The second-order valence-electron chi connectivity index (χ2n) is 7.38. The summed E-state index contributed by atoms with van der Waals surface area (Å²) in [7, 11) is 0. The molecule has 29 heavy (non-hydrogen) atoms. The van der Waals surface area contributed by atoms with Gasteiger partial charge in [0.1, 0.15) is 0 Å². The largest absolute Gasteiger partial charge is 0.401 e. The van der Waals surface area contributed by atoms with Gasteiger partial charge in [0.25, 0.3) is 0 Å². The topological polar surface area (TPSA) is 52.1 Å². The van der Waals surface area contributed by atoms with Crippen molar-refractivity contribution in [2.45, 2.75) is 31.6 Å². The van der Waals surface area contributed by atoms with Gasteiger partial charge in [-0.3, -0.25) is 14.8 Å². The highest BCUT2D eigenvalue weighted by Crippen LogP contribution is 2.26. The van der Waals surface area contributed by atoms with Gasteiger partial charge >= 0.3 is 6.18 Å². The summed E-state index contributed by atoms with van der Waals surface area (Å²) in [4.78, 5) is 9.89. The van der Waals surface area contributed by atoms with Crippen LogP contribution in [0.4, 0.5) is 13.2 Å². The Balaban J connectivity index is 1.61. The maximum atomic E-state index is 12.6. The van der Waals surface area contributed by atoms with Crippen molar-refractivity contribution in [3.05, 3.63) is 22.4 Å². The number of guanidine groups is 1. The molecular formula is C19H30F3N5OS. The molecule has 3 rings (SSSR count). The van der Waals surface area contributed by atoms with Crippen molar-refractivity contribution < 1.29 is 17.9 Å². The average molecular weight is 434 g/mol. The van der Waals surface area contributed by atoms with Crippen molar-refractivity contribution >= 4 is 17.3 Å². The minimum absolute atomic E-state index is 0.0290. The molecular weight excluding hydrogens is 403 g/mol. The molecule has 1 aromatic heterocycles. The number of morpholine rings is 1. The Morgan fingerprint density at radius 2 is 2.14 bits per heavy atom. The number of rotatable bonds is 7. The molecule has 2 unspecified atom stereocenters. The van der Waals surface area contributed by atoms with Crippen LogP contribution in [0.5, 0.6) is 0 Å². The van der Waals surface area contributed by atoms with Crippen molar-refractivity contribution in [3.8, 4) is 0 Å². The first-order valence-electron chi connectivity index (χ1n) is 10.1. The molecule has 164 valence electrons. The summed E-state index contributed by atoms with van der Waals surface area (Å²) in [6, 6.07) is 4.33. The lowest BCUT2D eigenvalue weighted by atomic mass is 10.2. The molecule has 2 aliphatic heterocycles. The van der Waals surface area contributed by atoms with E-state index in [1.165, 1.54) is 9.78 Å². The first-order valence-corrected chi connectivity index (χ1v) is 11.0. The molecule has 0 saturated carbocycles. The molecule has 0 aliphatic carbocycles. The third-order valence-corrected chi connectivity index (χ3v) is 6.11. The monoisotopic (exact) mass is 433 g/mol. The van der Waals surface area contributed by atoms with Gasteiger partial charge in [-0.25, -0.2) is 0 Å². The van der Waals surface area contributed by atoms with E-state index in [0.717, 1.165) is 26.3 Å². The van der Waals surface area contributed by atoms with Gasteiger partial charge in [-0.05, 0) is 24.8 Å². The van der Waals surface area contributed by atoms with E-state index < -0.39 is 12.7 Å². The molecule has 2 saturated heterocycles. The number of thiophene rings is 1. The summed E-state index contributed by atoms with van der Waals surface area (Å²) in [5.41, 5.74) is 0. The highest BCUT2D eigenvalue weighted by Gasteiger charge is 2.34. The Labute approximate surface area is 174 Å². The van der Waals surface area contributed by atoms with Crippen molar-refractivity contribution in [2.24, 2.45) is 4.99 Å². The number of aliphatic imine (C=N–C) groups is 1. The summed E-state index contributed by atoms with van der Waals surface area (Å²) >= 11 is 1.72. The van der Waals surface area contributed by atoms with Gasteiger partial charge in [-0.1, -0.05) is 6.07 Å². The third kappa shape index (κ3) is 7.13. The summed E-state index contributed by atoms with van der Waals surface area (Å²) < 4.78 is 43.4. The molecule has 0 amide bonds. The zero-order valence-electron chi connectivity index (χ0n) is 16.7. The quantitative estimate of drug-likeness (QED) is 0.511. The Morgan fingerprint density at radius 1 is 1.34 bits per heavy atom. The van der Waals surface area contributed by atoms with Crippen LogP contribution < -0.4 is 10.6 Å². The maximum Gasteiger partial charge on any atom is 0.401 e. The Bertz CT molecular complexity index is 634. The molecule has 2 fully saturated rings. The van der Waals surface area contributed by atoms with Crippen molar-refractivity contribution in [2.75, 3.05) is 59.0 Å². The van der Waals surface area contributed by atoms with Crippen LogP contribution in [0.15, 0.2) is 22.5 Å². The Morgan fingerprint density at radius 3 is 2.79 bits per heavy atom. The molecule has 2 atom stereocenters. The highest BCUT2D eigenvalue weighted by atomic mass is 32.1. The summed E-state index contributed by atoms with van der Waals surface area (Å²) in [6.45, 7) is 6.44. The van der Waals surface area contributed by atoms with Crippen LogP contribution in [0.2, 0.25) is 0 Å². The molecule has 1 aromatic rings. The van der Waals surface area contributed by atoms with Crippen LogP contribution >= 0.6 is 11.3 Å². The van der Waals surface area contributed by atoms with Crippen LogP contribution in [-0.4, -0.2) is 87.0 Å². The van der Waals surface area contributed by atoms with E-state index in [-0.39, 0.29) is 12.1 Å². The minimum atomic E-state index is -4.15. The van der Waals surface area contributed by atoms with Crippen LogP contribution in [0.25, 0.3) is 0 Å². The number of ether oxygens (including phenoxy) is 1. The molecule has 10 heteroatoms. The third-order valence-electron chi connectivity index (χ3n) is 5.14. The van der Waals surface area contributed by atoms with Crippen molar-refractivity contribution in [1.29, 1.82) is 0 Å². The maximum absolute atomic E-state index is 12.6. The normalized spacial score (nSPS) is 23.3. The van der Waals surface area contributed by atoms with E-state index in [2.05, 4.69) is 27.0 Å². The van der Waals surface area contributed by atoms with Crippen molar-refractivity contribution in [1.82, 2.24) is 20.4 Å². The molecule has 6 nitrogen and oxygen atoms in total. The van der Waals surface area contributed by atoms with E-state index in [1.807, 2.05) is 13.0 Å². The zero-order valence-corrected chi connectivity index (χ0v) is 17.6. The zero-order chi connectivity index (χ0) is 20.7. The summed E-state index contributed by atoms with van der Waals surface area (Å²) in [6.07, 6.45) is -3.47. The van der Waals surface area contributed by atoms with Gasteiger partial charge in [0, 0.05) is 43.6 Å². The standard InChI is InChI=1S/C19H30F3N5OS/c1-2-23-18(25-15-5-6-26(13-15)14-19(20,21)22)24-12-16(17-4-3-11-29-17)27-7-9-28-10-8-27/h3-4,11,15-16H,2,5-10,12-14H2,1H3,(H2,23,24,25). The molecule has 0 bridgehead atoms. The molecule has 3 heterocycles. The van der Waals surface area contributed by atoms with E-state index in [9.17, 15) is 13.2 Å². The Kier molecular flexibility index (Phi) is 8.16. The number of hydrogen-bond donors (Lipinski definition) is 2. The lowest BCUT2D eigenvalue weighted by Crippen LogP contribution is -2.46. The SMILES string of the molecule is CCNC(=NCC(c1cccs1)N1CCOCC1)NC1CCN(CC(F)(F)F)C1. The predicted octanol–water partition coefficient (Wildman–Crippen LogP) is 2.31. The minimum Gasteiger partial charge on any atom is -0.379 e. The van der Waals surface area contributed by atoms with Gasteiger partial charge in [-0.15, -0.1) is 11.3 Å². The number of nitrogens with zero attached hydrogens (tertiary/aromatic N) is 3. The second kappa shape index (κ2) is 10.6. The summed E-state index contributed by atoms with van der Waals surface area (Å²) in [5, 5.41) is 8.63. The highest BCUT2D eigenvalue weighted by molar-refractivity contribution is 7.10. The first kappa shape index (κ1) is 22.3. The molecule has 0 aromatic carbocycles. The van der Waals surface area contributed by atoms with Crippen LogP contribution in [0, 0.1) is 0 Å². The molecule has 2 aliphatic rings. The predicted molar refractivity (Wildman–Crippen MR) is 109 cm³/mol. The van der Waals surface area contributed by atoms with E-state index in [4.69, 9.17) is 9.73 Å². The van der Waals surface area contributed by atoms with Crippen LogP contribution in [0.3, 0.4) is 0 Å². The fraction of sp³-hybridized carbons (Fsp3) is 0.737.